The zero-order valence-electron chi connectivity index (χ0n) is 11.2. The van der Waals surface area contributed by atoms with Gasteiger partial charge < -0.3 is 15.8 Å². The Morgan fingerprint density at radius 2 is 2.21 bits per heavy atom. The van der Waals surface area contributed by atoms with Crippen LogP contribution in [0.3, 0.4) is 0 Å². The van der Waals surface area contributed by atoms with E-state index in [1.807, 2.05) is 13.8 Å². The molecule has 19 heavy (non-hydrogen) atoms. The molecule has 1 amide bonds. The molecule has 0 saturated carbocycles. The second-order valence-corrected chi connectivity index (χ2v) is 4.87. The number of hydrogen-bond acceptors (Lipinski definition) is 6. The number of H-pyrrole nitrogens is 1. The summed E-state index contributed by atoms with van der Waals surface area (Å²) in [6.07, 6.45) is 0.316. The maximum atomic E-state index is 11.8. The van der Waals surface area contributed by atoms with Crippen molar-refractivity contribution in [3.05, 3.63) is 5.82 Å². The number of nitrogens with one attached hydrogen (secondary N) is 2. The Labute approximate surface area is 111 Å². The molecule has 106 valence electrons. The SMILES string of the molecule is C[C@@H]1CN(CC(=O)NCc2nc(N)n[nH]2)C[C@H](C)O1. The van der Waals surface area contributed by atoms with Gasteiger partial charge in [-0.1, -0.05) is 0 Å². The fraction of sp³-hybridized carbons (Fsp3) is 0.727. The van der Waals surface area contributed by atoms with Gasteiger partial charge in [0.1, 0.15) is 5.82 Å². The van der Waals surface area contributed by atoms with Crippen LogP contribution in [0.15, 0.2) is 0 Å². The van der Waals surface area contributed by atoms with E-state index >= 15 is 0 Å². The van der Waals surface area contributed by atoms with E-state index in [1.165, 1.54) is 0 Å². The molecule has 1 saturated heterocycles. The Kier molecular flexibility index (Phi) is 4.33. The highest BCUT2D eigenvalue weighted by molar-refractivity contribution is 5.77. The Morgan fingerprint density at radius 3 is 2.79 bits per heavy atom. The summed E-state index contributed by atoms with van der Waals surface area (Å²) in [5.74, 6) is 0.686. The van der Waals surface area contributed by atoms with E-state index in [4.69, 9.17) is 10.5 Å². The number of carbonyl (C=O) groups is 1. The average molecular weight is 268 g/mol. The monoisotopic (exact) mass is 268 g/mol. The number of nitrogens with two attached hydrogens (primary N) is 1. The molecule has 8 heteroatoms. The molecule has 0 radical (unpaired) electrons. The van der Waals surface area contributed by atoms with E-state index in [9.17, 15) is 4.79 Å². The quantitative estimate of drug-likeness (QED) is 0.654. The van der Waals surface area contributed by atoms with Crippen LogP contribution in [0, 0.1) is 0 Å². The molecule has 8 nitrogen and oxygen atoms in total. The molecule has 0 aromatic carbocycles. The van der Waals surface area contributed by atoms with Crippen LogP contribution in [-0.2, 0) is 16.1 Å². The van der Waals surface area contributed by atoms with Crippen LogP contribution in [0.5, 0.6) is 0 Å². The van der Waals surface area contributed by atoms with Gasteiger partial charge >= 0.3 is 0 Å². The lowest BCUT2D eigenvalue weighted by atomic mass is 10.2. The first-order valence-corrected chi connectivity index (χ1v) is 6.34. The van der Waals surface area contributed by atoms with Gasteiger partial charge in [0.25, 0.3) is 0 Å². The fourth-order valence-corrected chi connectivity index (χ4v) is 2.24. The molecule has 0 bridgehead atoms. The molecule has 2 rings (SSSR count). The molecule has 1 fully saturated rings. The van der Waals surface area contributed by atoms with E-state index in [-0.39, 0.29) is 24.1 Å². The van der Waals surface area contributed by atoms with Crippen molar-refractivity contribution in [2.24, 2.45) is 0 Å². The summed E-state index contributed by atoms with van der Waals surface area (Å²) >= 11 is 0. The summed E-state index contributed by atoms with van der Waals surface area (Å²) in [5.41, 5.74) is 5.38. The predicted molar refractivity (Wildman–Crippen MR) is 69.1 cm³/mol. The lowest BCUT2D eigenvalue weighted by Gasteiger charge is -2.34. The first-order chi connectivity index (χ1) is 9.02. The van der Waals surface area contributed by atoms with Crippen molar-refractivity contribution < 1.29 is 9.53 Å². The van der Waals surface area contributed by atoms with Crippen molar-refractivity contribution in [1.82, 2.24) is 25.4 Å². The number of ether oxygens (including phenoxy) is 1. The van der Waals surface area contributed by atoms with Crippen molar-refractivity contribution in [2.45, 2.75) is 32.6 Å². The largest absolute Gasteiger partial charge is 0.373 e. The molecule has 1 aliphatic rings. The molecule has 4 N–H and O–H groups in total. The van der Waals surface area contributed by atoms with Gasteiger partial charge in [-0.15, -0.1) is 5.10 Å². The van der Waals surface area contributed by atoms with Gasteiger partial charge in [-0.3, -0.25) is 14.8 Å². The molecule has 1 aromatic rings. The number of nitrogens with zero attached hydrogens (tertiary/aromatic N) is 3. The van der Waals surface area contributed by atoms with E-state index in [1.54, 1.807) is 0 Å². The van der Waals surface area contributed by atoms with E-state index in [0.717, 1.165) is 13.1 Å². The lowest BCUT2D eigenvalue weighted by Crippen LogP contribution is -2.49. The summed E-state index contributed by atoms with van der Waals surface area (Å²) in [4.78, 5) is 17.8. The number of amides is 1. The summed E-state index contributed by atoms with van der Waals surface area (Å²) in [6.45, 7) is 6.23. The van der Waals surface area contributed by atoms with Crippen LogP contribution in [0.4, 0.5) is 5.95 Å². The fourth-order valence-electron chi connectivity index (χ4n) is 2.24. The second kappa shape index (κ2) is 5.98. The smallest absolute Gasteiger partial charge is 0.239 e. The zero-order chi connectivity index (χ0) is 13.8. The maximum Gasteiger partial charge on any atom is 0.239 e. The number of nitrogen functional groups attached to an aromatic ring is 1. The van der Waals surface area contributed by atoms with Crippen LogP contribution >= 0.6 is 0 Å². The van der Waals surface area contributed by atoms with Gasteiger partial charge in [0.2, 0.25) is 11.9 Å². The Morgan fingerprint density at radius 1 is 1.53 bits per heavy atom. The molecule has 0 spiro atoms. The minimum absolute atomic E-state index is 0.0451. The molecule has 0 unspecified atom stereocenters. The molecule has 1 aliphatic heterocycles. The molecular formula is C11H20N6O2. The number of aromatic nitrogens is 3. The van der Waals surface area contributed by atoms with E-state index < -0.39 is 0 Å². The van der Waals surface area contributed by atoms with Gasteiger partial charge in [0.05, 0.1) is 25.3 Å². The minimum Gasteiger partial charge on any atom is -0.373 e. The third-order valence-electron chi connectivity index (χ3n) is 2.86. The molecule has 2 heterocycles. The Bertz CT molecular complexity index is 425. The first kappa shape index (κ1) is 13.8. The standard InChI is InChI=1S/C11H20N6O2/c1-7-4-17(5-8(2)19-7)6-10(18)13-3-9-14-11(12)16-15-9/h7-8H,3-6H2,1-2H3,(H,13,18)(H3,12,14,15,16)/t7-,8+. The summed E-state index contributed by atoms with van der Waals surface area (Å²) in [6, 6.07) is 0. The van der Waals surface area contributed by atoms with E-state index in [2.05, 4.69) is 25.4 Å². The van der Waals surface area contributed by atoms with Crippen molar-refractivity contribution in [3.8, 4) is 0 Å². The second-order valence-electron chi connectivity index (χ2n) is 4.87. The molecule has 2 atom stereocenters. The zero-order valence-corrected chi connectivity index (χ0v) is 11.2. The summed E-state index contributed by atoms with van der Waals surface area (Å²) in [7, 11) is 0. The number of morpholine rings is 1. The third kappa shape index (κ3) is 4.18. The Balaban J connectivity index is 1.74. The number of rotatable bonds is 4. The van der Waals surface area contributed by atoms with Crippen molar-refractivity contribution in [3.63, 3.8) is 0 Å². The topological polar surface area (TPSA) is 109 Å². The van der Waals surface area contributed by atoms with Crippen molar-refractivity contribution >= 4 is 11.9 Å². The lowest BCUT2D eigenvalue weighted by molar-refractivity contribution is -0.126. The highest BCUT2D eigenvalue weighted by Gasteiger charge is 2.23. The summed E-state index contributed by atoms with van der Waals surface area (Å²) < 4.78 is 5.62. The number of anilines is 1. The first-order valence-electron chi connectivity index (χ1n) is 6.34. The van der Waals surface area contributed by atoms with Crippen LogP contribution in [0.1, 0.15) is 19.7 Å². The van der Waals surface area contributed by atoms with Gasteiger partial charge in [0.15, 0.2) is 0 Å². The number of hydrogen-bond donors (Lipinski definition) is 3. The van der Waals surface area contributed by atoms with Crippen molar-refractivity contribution in [1.29, 1.82) is 0 Å². The highest BCUT2D eigenvalue weighted by Crippen LogP contribution is 2.09. The Hall–Kier alpha value is -1.67. The minimum atomic E-state index is -0.0451. The molecule has 0 aliphatic carbocycles. The molecule has 1 aromatic heterocycles. The average Bonchev–Trinajstić information content (AvgIpc) is 2.71. The summed E-state index contributed by atoms with van der Waals surface area (Å²) in [5, 5.41) is 9.12. The maximum absolute atomic E-state index is 11.8. The van der Waals surface area contributed by atoms with Gasteiger partial charge in [-0.05, 0) is 13.8 Å². The van der Waals surface area contributed by atoms with Gasteiger partial charge in [-0.2, -0.15) is 4.98 Å². The predicted octanol–water partition coefficient (Wildman–Crippen LogP) is -0.888. The highest BCUT2D eigenvalue weighted by atomic mass is 16.5. The van der Waals surface area contributed by atoms with E-state index in [0.29, 0.717) is 18.9 Å². The van der Waals surface area contributed by atoms with Crippen LogP contribution < -0.4 is 11.1 Å². The third-order valence-corrected chi connectivity index (χ3v) is 2.86. The number of carbonyl (C=O) groups excluding carboxylic acids is 1. The van der Waals surface area contributed by atoms with Gasteiger partial charge in [-0.25, -0.2) is 0 Å². The van der Waals surface area contributed by atoms with Crippen LogP contribution in [-0.4, -0.2) is 57.8 Å². The number of aromatic amines is 1. The van der Waals surface area contributed by atoms with Crippen LogP contribution in [0.2, 0.25) is 0 Å². The normalized spacial score (nSPS) is 24.3. The molecular weight excluding hydrogens is 248 g/mol. The van der Waals surface area contributed by atoms with Crippen LogP contribution in [0.25, 0.3) is 0 Å². The van der Waals surface area contributed by atoms with Gasteiger partial charge in [0, 0.05) is 13.1 Å². The van der Waals surface area contributed by atoms with Crippen molar-refractivity contribution in [2.75, 3.05) is 25.4 Å².